The van der Waals surface area contributed by atoms with Gasteiger partial charge in [0, 0.05) is 30.2 Å². The van der Waals surface area contributed by atoms with Crippen molar-refractivity contribution < 1.29 is 0 Å². The Morgan fingerprint density at radius 1 is 1.50 bits per heavy atom. The highest BCUT2D eigenvalue weighted by atomic mass is 32.1. The molecule has 1 atom stereocenters. The van der Waals surface area contributed by atoms with Crippen LogP contribution in [0.3, 0.4) is 0 Å². The highest BCUT2D eigenvalue weighted by Crippen LogP contribution is 2.16. The van der Waals surface area contributed by atoms with Crippen molar-refractivity contribution in [2.24, 2.45) is 0 Å². The van der Waals surface area contributed by atoms with Crippen LogP contribution in [0.2, 0.25) is 0 Å². The summed E-state index contributed by atoms with van der Waals surface area (Å²) in [6, 6.07) is 0.694. The molecule has 2 heterocycles. The average molecular weight is 267 g/mol. The second-order valence-electron chi connectivity index (χ2n) is 5.23. The standard InChI is InChI=1S/C14H25N3S/c1-3-8-17(10-13-6-4-5-7-15-13)11-14-9-16-12(2)18-14/h9,13,15H,3-8,10-11H2,1-2H3. The molecule has 1 aromatic heterocycles. The Balaban J connectivity index is 1.86. The molecule has 0 bridgehead atoms. The van der Waals surface area contributed by atoms with Crippen LogP contribution in [0, 0.1) is 6.92 Å². The Morgan fingerprint density at radius 3 is 3.00 bits per heavy atom. The van der Waals surface area contributed by atoms with Gasteiger partial charge in [0.15, 0.2) is 0 Å². The Kier molecular flexibility index (Phi) is 5.60. The van der Waals surface area contributed by atoms with Crippen LogP contribution in [0.4, 0.5) is 0 Å². The minimum Gasteiger partial charge on any atom is -0.313 e. The van der Waals surface area contributed by atoms with Gasteiger partial charge in [-0.25, -0.2) is 4.98 Å². The first-order valence-corrected chi connectivity index (χ1v) is 7.96. The van der Waals surface area contributed by atoms with E-state index in [-0.39, 0.29) is 0 Å². The average Bonchev–Trinajstić information content (AvgIpc) is 2.76. The van der Waals surface area contributed by atoms with Crippen LogP contribution in [0.25, 0.3) is 0 Å². The lowest BCUT2D eigenvalue weighted by molar-refractivity contribution is 0.218. The van der Waals surface area contributed by atoms with E-state index in [2.05, 4.69) is 29.0 Å². The van der Waals surface area contributed by atoms with Gasteiger partial charge in [-0.15, -0.1) is 11.3 Å². The van der Waals surface area contributed by atoms with Crippen LogP contribution >= 0.6 is 11.3 Å². The first-order valence-electron chi connectivity index (χ1n) is 7.15. The zero-order chi connectivity index (χ0) is 12.8. The van der Waals surface area contributed by atoms with Gasteiger partial charge in [-0.1, -0.05) is 13.3 Å². The molecule has 2 rings (SSSR count). The fraction of sp³-hybridized carbons (Fsp3) is 0.786. The molecule has 0 aliphatic carbocycles. The molecule has 4 heteroatoms. The van der Waals surface area contributed by atoms with Gasteiger partial charge in [0.1, 0.15) is 0 Å². The SMILES string of the molecule is CCCN(Cc1cnc(C)s1)CC1CCCCN1. The number of hydrogen-bond donors (Lipinski definition) is 1. The van der Waals surface area contributed by atoms with E-state index in [0.29, 0.717) is 6.04 Å². The summed E-state index contributed by atoms with van der Waals surface area (Å²) in [5.74, 6) is 0. The van der Waals surface area contributed by atoms with Gasteiger partial charge in [-0.3, -0.25) is 4.90 Å². The Bertz CT molecular complexity index is 345. The molecule has 0 saturated carbocycles. The summed E-state index contributed by atoms with van der Waals surface area (Å²) >= 11 is 1.83. The maximum absolute atomic E-state index is 4.35. The zero-order valence-corrected chi connectivity index (χ0v) is 12.4. The lowest BCUT2D eigenvalue weighted by Crippen LogP contribution is -2.43. The maximum atomic E-state index is 4.35. The molecule has 1 aliphatic rings. The number of aromatic nitrogens is 1. The monoisotopic (exact) mass is 267 g/mol. The van der Waals surface area contributed by atoms with Crippen LogP contribution < -0.4 is 5.32 Å². The Hall–Kier alpha value is -0.450. The molecule has 0 spiro atoms. The van der Waals surface area contributed by atoms with Gasteiger partial charge in [0.05, 0.1) is 5.01 Å². The Labute approximate surface area is 115 Å². The topological polar surface area (TPSA) is 28.2 Å². The van der Waals surface area contributed by atoms with Crippen molar-refractivity contribution in [2.75, 3.05) is 19.6 Å². The van der Waals surface area contributed by atoms with E-state index in [4.69, 9.17) is 0 Å². The van der Waals surface area contributed by atoms with Crippen molar-refractivity contribution in [1.82, 2.24) is 15.2 Å². The molecule has 1 N–H and O–H groups in total. The van der Waals surface area contributed by atoms with E-state index in [0.717, 1.165) is 6.54 Å². The molecule has 1 fully saturated rings. The summed E-state index contributed by atoms with van der Waals surface area (Å²) < 4.78 is 0. The number of hydrogen-bond acceptors (Lipinski definition) is 4. The van der Waals surface area contributed by atoms with Gasteiger partial charge in [0.2, 0.25) is 0 Å². The fourth-order valence-electron chi connectivity index (χ4n) is 2.64. The van der Waals surface area contributed by atoms with E-state index in [1.165, 1.54) is 55.2 Å². The lowest BCUT2D eigenvalue weighted by Gasteiger charge is -2.30. The van der Waals surface area contributed by atoms with Gasteiger partial charge < -0.3 is 5.32 Å². The van der Waals surface area contributed by atoms with Crippen LogP contribution in [0.15, 0.2) is 6.20 Å². The first-order chi connectivity index (χ1) is 8.78. The normalized spacial score (nSPS) is 20.5. The zero-order valence-electron chi connectivity index (χ0n) is 11.6. The Morgan fingerprint density at radius 2 is 2.39 bits per heavy atom. The van der Waals surface area contributed by atoms with Crippen molar-refractivity contribution in [3.05, 3.63) is 16.1 Å². The molecule has 18 heavy (non-hydrogen) atoms. The van der Waals surface area contributed by atoms with E-state index in [1.807, 2.05) is 17.5 Å². The second kappa shape index (κ2) is 7.22. The fourth-order valence-corrected chi connectivity index (χ4v) is 3.48. The molecular formula is C14H25N3S. The molecule has 1 aromatic rings. The minimum absolute atomic E-state index is 0.694. The third-order valence-electron chi connectivity index (χ3n) is 3.48. The van der Waals surface area contributed by atoms with Crippen LogP contribution in [-0.4, -0.2) is 35.6 Å². The largest absolute Gasteiger partial charge is 0.313 e. The summed E-state index contributed by atoms with van der Waals surface area (Å²) in [4.78, 5) is 8.33. The maximum Gasteiger partial charge on any atom is 0.0897 e. The van der Waals surface area contributed by atoms with Crippen LogP contribution in [0.1, 0.15) is 42.5 Å². The number of aryl methyl sites for hydroxylation is 1. The number of thiazole rings is 1. The summed E-state index contributed by atoms with van der Waals surface area (Å²) in [7, 11) is 0. The van der Waals surface area contributed by atoms with Gasteiger partial charge in [-0.2, -0.15) is 0 Å². The predicted molar refractivity (Wildman–Crippen MR) is 78.1 cm³/mol. The number of nitrogens with one attached hydrogen (secondary N) is 1. The van der Waals surface area contributed by atoms with Crippen molar-refractivity contribution in [2.45, 2.75) is 52.1 Å². The molecule has 102 valence electrons. The highest BCUT2D eigenvalue weighted by Gasteiger charge is 2.16. The molecular weight excluding hydrogens is 242 g/mol. The van der Waals surface area contributed by atoms with Crippen molar-refractivity contribution in [3.8, 4) is 0 Å². The number of rotatable bonds is 6. The summed E-state index contributed by atoms with van der Waals surface area (Å²) in [5.41, 5.74) is 0. The number of piperidine rings is 1. The van der Waals surface area contributed by atoms with Crippen molar-refractivity contribution in [1.29, 1.82) is 0 Å². The molecule has 0 radical (unpaired) electrons. The molecule has 0 amide bonds. The third kappa shape index (κ3) is 4.34. The summed E-state index contributed by atoms with van der Waals surface area (Å²) in [6.07, 6.45) is 7.33. The first kappa shape index (κ1) is 14.0. The van der Waals surface area contributed by atoms with Gasteiger partial charge in [0.25, 0.3) is 0 Å². The van der Waals surface area contributed by atoms with Crippen LogP contribution in [-0.2, 0) is 6.54 Å². The van der Waals surface area contributed by atoms with E-state index >= 15 is 0 Å². The summed E-state index contributed by atoms with van der Waals surface area (Å²) in [5, 5.41) is 4.82. The molecule has 0 aromatic carbocycles. The minimum atomic E-state index is 0.694. The third-order valence-corrected chi connectivity index (χ3v) is 4.38. The molecule has 1 aliphatic heterocycles. The van der Waals surface area contributed by atoms with Crippen LogP contribution in [0.5, 0.6) is 0 Å². The predicted octanol–water partition coefficient (Wildman–Crippen LogP) is 2.81. The second-order valence-corrected chi connectivity index (χ2v) is 6.55. The van der Waals surface area contributed by atoms with Gasteiger partial charge in [-0.05, 0) is 39.3 Å². The van der Waals surface area contributed by atoms with Gasteiger partial charge >= 0.3 is 0 Å². The van der Waals surface area contributed by atoms with E-state index < -0.39 is 0 Å². The highest BCUT2D eigenvalue weighted by molar-refractivity contribution is 7.11. The van der Waals surface area contributed by atoms with E-state index in [9.17, 15) is 0 Å². The van der Waals surface area contributed by atoms with Crippen molar-refractivity contribution >= 4 is 11.3 Å². The quantitative estimate of drug-likeness (QED) is 0.859. The van der Waals surface area contributed by atoms with Crippen molar-refractivity contribution in [3.63, 3.8) is 0 Å². The smallest absolute Gasteiger partial charge is 0.0897 e. The molecule has 1 unspecified atom stereocenters. The summed E-state index contributed by atoms with van der Waals surface area (Å²) in [6.45, 7) is 8.99. The van der Waals surface area contributed by atoms with E-state index in [1.54, 1.807) is 0 Å². The number of nitrogens with zero attached hydrogens (tertiary/aromatic N) is 2. The lowest BCUT2D eigenvalue weighted by atomic mass is 10.0. The molecule has 1 saturated heterocycles. The molecule has 3 nitrogen and oxygen atoms in total.